The van der Waals surface area contributed by atoms with Crippen LogP contribution in [0.4, 0.5) is 0 Å². The van der Waals surface area contributed by atoms with Crippen LogP contribution in [0.15, 0.2) is 6.33 Å². The molecule has 1 saturated heterocycles. The zero-order valence-electron chi connectivity index (χ0n) is 10.7. The Morgan fingerprint density at radius 2 is 2.16 bits per heavy atom. The molecule has 0 bridgehead atoms. The summed E-state index contributed by atoms with van der Waals surface area (Å²) in [5.74, 6) is 0.260. The molecule has 1 aromatic heterocycles. The summed E-state index contributed by atoms with van der Waals surface area (Å²) in [5, 5.41) is 0. The van der Waals surface area contributed by atoms with Crippen molar-refractivity contribution in [1.29, 1.82) is 0 Å². The van der Waals surface area contributed by atoms with Gasteiger partial charge in [-0.3, -0.25) is 9.59 Å². The second-order valence-corrected chi connectivity index (χ2v) is 5.03. The molecule has 1 aromatic rings. The number of nitrogens with zero attached hydrogens (tertiary/aromatic N) is 3. The Labute approximate surface area is 111 Å². The van der Waals surface area contributed by atoms with E-state index in [-0.39, 0.29) is 11.8 Å². The van der Waals surface area contributed by atoms with Crippen LogP contribution >= 0.6 is 0 Å². The van der Waals surface area contributed by atoms with Crippen LogP contribution in [0.3, 0.4) is 0 Å². The van der Waals surface area contributed by atoms with Gasteiger partial charge in [-0.05, 0) is 12.8 Å². The van der Waals surface area contributed by atoms with E-state index in [9.17, 15) is 9.59 Å². The smallest absolute Gasteiger partial charge is 0.226 e. The molecule has 2 aliphatic heterocycles. The van der Waals surface area contributed by atoms with E-state index in [1.807, 2.05) is 9.47 Å². The largest absolute Gasteiger partial charge is 0.381 e. The van der Waals surface area contributed by atoms with E-state index in [4.69, 9.17) is 4.74 Å². The molecule has 0 saturated carbocycles. The van der Waals surface area contributed by atoms with Crippen molar-refractivity contribution < 1.29 is 14.3 Å². The standard InChI is InChI=1S/C13H17N3O3/c17-8-11-12-7-15(3-4-16(12)9-14-11)13(18)10-1-5-19-6-2-10/h8-10H,1-7H2. The summed E-state index contributed by atoms with van der Waals surface area (Å²) in [5.41, 5.74) is 1.30. The predicted molar refractivity (Wildman–Crippen MR) is 66.6 cm³/mol. The van der Waals surface area contributed by atoms with Crippen LogP contribution in [-0.2, 0) is 22.6 Å². The van der Waals surface area contributed by atoms with Gasteiger partial charge in [0, 0.05) is 32.2 Å². The molecule has 6 nitrogen and oxygen atoms in total. The second-order valence-electron chi connectivity index (χ2n) is 5.03. The van der Waals surface area contributed by atoms with E-state index in [0.29, 0.717) is 38.5 Å². The van der Waals surface area contributed by atoms with Gasteiger partial charge in [0.05, 0.1) is 18.6 Å². The number of carbonyl (C=O) groups excluding carboxylic acids is 2. The number of ether oxygens (including phenoxy) is 1. The predicted octanol–water partition coefficient (Wildman–Crippen LogP) is 0.464. The number of fused-ring (bicyclic) bond motifs is 1. The van der Waals surface area contributed by atoms with Crippen LogP contribution < -0.4 is 0 Å². The van der Waals surface area contributed by atoms with Gasteiger partial charge in [-0.25, -0.2) is 4.98 Å². The maximum atomic E-state index is 12.4. The summed E-state index contributed by atoms with van der Waals surface area (Å²) in [4.78, 5) is 29.3. The van der Waals surface area contributed by atoms with Crippen molar-refractivity contribution in [1.82, 2.24) is 14.5 Å². The van der Waals surface area contributed by atoms with Crippen molar-refractivity contribution >= 4 is 12.2 Å². The van der Waals surface area contributed by atoms with Crippen LogP contribution in [-0.4, -0.2) is 46.4 Å². The van der Waals surface area contributed by atoms with E-state index in [1.165, 1.54) is 0 Å². The van der Waals surface area contributed by atoms with Gasteiger partial charge in [-0.2, -0.15) is 0 Å². The summed E-state index contributed by atoms with van der Waals surface area (Å²) in [6.45, 7) is 3.23. The van der Waals surface area contributed by atoms with Gasteiger partial charge in [0.2, 0.25) is 5.91 Å². The number of rotatable bonds is 2. The fourth-order valence-electron chi connectivity index (χ4n) is 2.77. The van der Waals surface area contributed by atoms with Crippen molar-refractivity contribution in [3.05, 3.63) is 17.7 Å². The fraction of sp³-hybridized carbons (Fsp3) is 0.615. The van der Waals surface area contributed by atoms with Gasteiger partial charge < -0.3 is 14.2 Å². The highest BCUT2D eigenvalue weighted by molar-refractivity contribution is 5.80. The molecular formula is C13H17N3O3. The molecule has 0 unspecified atom stereocenters. The highest BCUT2D eigenvalue weighted by Gasteiger charge is 2.29. The molecule has 3 rings (SSSR count). The van der Waals surface area contributed by atoms with Crippen LogP contribution in [0.1, 0.15) is 29.0 Å². The van der Waals surface area contributed by atoms with E-state index >= 15 is 0 Å². The van der Waals surface area contributed by atoms with E-state index in [1.54, 1.807) is 6.33 Å². The molecule has 0 aromatic carbocycles. The van der Waals surface area contributed by atoms with E-state index < -0.39 is 0 Å². The van der Waals surface area contributed by atoms with Crippen molar-refractivity contribution in [2.75, 3.05) is 19.8 Å². The Bertz CT molecular complexity index is 491. The molecule has 0 atom stereocenters. The van der Waals surface area contributed by atoms with Crippen molar-refractivity contribution in [2.24, 2.45) is 5.92 Å². The minimum Gasteiger partial charge on any atom is -0.381 e. The lowest BCUT2D eigenvalue weighted by Gasteiger charge is -2.32. The van der Waals surface area contributed by atoms with E-state index in [2.05, 4.69) is 4.98 Å². The zero-order valence-corrected chi connectivity index (χ0v) is 10.7. The Kier molecular flexibility index (Phi) is 3.33. The van der Waals surface area contributed by atoms with Crippen molar-refractivity contribution in [3.8, 4) is 0 Å². The molecule has 2 aliphatic rings. The van der Waals surface area contributed by atoms with Crippen molar-refractivity contribution in [2.45, 2.75) is 25.9 Å². The van der Waals surface area contributed by atoms with E-state index in [0.717, 1.165) is 24.8 Å². The molecule has 0 spiro atoms. The molecular weight excluding hydrogens is 246 g/mol. The molecule has 0 aliphatic carbocycles. The number of aromatic nitrogens is 2. The quantitative estimate of drug-likeness (QED) is 0.727. The number of amides is 1. The lowest BCUT2D eigenvalue weighted by atomic mass is 9.98. The first-order chi connectivity index (χ1) is 9.29. The average molecular weight is 263 g/mol. The van der Waals surface area contributed by atoms with Gasteiger partial charge in [0.15, 0.2) is 6.29 Å². The molecule has 1 fully saturated rings. The SMILES string of the molecule is O=Cc1ncn2c1CN(C(=O)C1CCOCC1)CC2. The second kappa shape index (κ2) is 5.13. The van der Waals surface area contributed by atoms with Crippen LogP contribution in [0, 0.1) is 5.92 Å². The number of hydrogen-bond donors (Lipinski definition) is 0. The summed E-state index contributed by atoms with van der Waals surface area (Å²) < 4.78 is 7.24. The van der Waals surface area contributed by atoms with Gasteiger partial charge in [0.1, 0.15) is 5.69 Å². The minimum absolute atomic E-state index is 0.0721. The first kappa shape index (κ1) is 12.3. The zero-order chi connectivity index (χ0) is 13.2. The topological polar surface area (TPSA) is 64.4 Å². The normalized spacial score (nSPS) is 20.1. The summed E-state index contributed by atoms with van der Waals surface area (Å²) in [7, 11) is 0. The maximum absolute atomic E-state index is 12.4. The Balaban J connectivity index is 1.73. The third kappa shape index (κ3) is 2.28. The molecule has 0 N–H and O–H groups in total. The third-order valence-electron chi connectivity index (χ3n) is 3.92. The van der Waals surface area contributed by atoms with Gasteiger partial charge >= 0.3 is 0 Å². The molecule has 6 heteroatoms. The van der Waals surface area contributed by atoms with Crippen LogP contribution in [0.2, 0.25) is 0 Å². The first-order valence-corrected chi connectivity index (χ1v) is 6.65. The Morgan fingerprint density at radius 1 is 1.37 bits per heavy atom. The molecule has 0 radical (unpaired) electrons. The number of aldehydes is 1. The Morgan fingerprint density at radius 3 is 2.89 bits per heavy atom. The van der Waals surface area contributed by atoms with Gasteiger partial charge in [-0.15, -0.1) is 0 Å². The molecule has 102 valence electrons. The third-order valence-corrected chi connectivity index (χ3v) is 3.92. The first-order valence-electron chi connectivity index (χ1n) is 6.65. The summed E-state index contributed by atoms with van der Waals surface area (Å²) in [6.07, 6.45) is 4.04. The summed E-state index contributed by atoms with van der Waals surface area (Å²) in [6, 6.07) is 0. The average Bonchev–Trinajstić information content (AvgIpc) is 2.89. The fourth-order valence-corrected chi connectivity index (χ4v) is 2.77. The summed E-state index contributed by atoms with van der Waals surface area (Å²) >= 11 is 0. The highest BCUT2D eigenvalue weighted by atomic mass is 16.5. The van der Waals surface area contributed by atoms with Crippen LogP contribution in [0.25, 0.3) is 0 Å². The van der Waals surface area contributed by atoms with Gasteiger partial charge in [-0.1, -0.05) is 0 Å². The molecule has 1 amide bonds. The van der Waals surface area contributed by atoms with Crippen molar-refractivity contribution in [3.63, 3.8) is 0 Å². The Hall–Kier alpha value is -1.69. The van der Waals surface area contributed by atoms with Gasteiger partial charge in [0.25, 0.3) is 0 Å². The van der Waals surface area contributed by atoms with Crippen LogP contribution in [0.5, 0.6) is 0 Å². The lowest BCUT2D eigenvalue weighted by Crippen LogP contribution is -2.42. The number of imidazole rings is 1. The minimum atomic E-state index is 0.0721. The lowest BCUT2D eigenvalue weighted by molar-refractivity contribution is -0.140. The monoisotopic (exact) mass is 263 g/mol. The number of hydrogen-bond acceptors (Lipinski definition) is 4. The number of carbonyl (C=O) groups is 2. The molecule has 3 heterocycles. The highest BCUT2D eigenvalue weighted by Crippen LogP contribution is 2.22. The molecule has 19 heavy (non-hydrogen) atoms. The maximum Gasteiger partial charge on any atom is 0.226 e.